The average Bonchev–Trinajstić information content (AvgIpc) is 2.70. The molecule has 0 fully saturated rings. The maximum atomic E-state index is 11.9. The predicted octanol–water partition coefficient (Wildman–Crippen LogP) is 2.31. The van der Waals surface area contributed by atoms with Crippen LogP contribution in [0.15, 0.2) is 61.3 Å². The number of nitrogens with zero attached hydrogens (tertiary/aromatic N) is 3. The first kappa shape index (κ1) is 25.9. The molecule has 0 aliphatic heterocycles. The van der Waals surface area contributed by atoms with E-state index in [2.05, 4.69) is 10.2 Å². The minimum Gasteiger partial charge on any atom is -0.505 e. The molecule has 0 atom stereocenters. The number of aromatic hydroxyl groups is 2. The lowest BCUT2D eigenvalue weighted by Gasteiger charge is -2.11. The van der Waals surface area contributed by atoms with Crippen molar-refractivity contribution >= 4 is 58.2 Å². The summed E-state index contributed by atoms with van der Waals surface area (Å²) in [5, 5.41) is 37.4. The quantitative estimate of drug-likeness (QED) is 0.128. The standard InChI is InChI=1S/C16H11N3O13S3/c20-15-9(5-8(33(24,25)26)6-10(15)19(22)23)17-18-14-12(35(30,31)32)4-7-2-1-3-11(34(27,28)29)13(7)16(14)21/h1-6,20-21H,(H,24,25,26)(H,27,28,29)(H,30,31,32). The van der Waals surface area contributed by atoms with E-state index in [0.717, 1.165) is 18.2 Å². The summed E-state index contributed by atoms with van der Waals surface area (Å²) >= 11 is 0. The van der Waals surface area contributed by atoms with Crippen molar-refractivity contribution in [3.05, 3.63) is 46.5 Å². The fraction of sp³-hybridized carbons (Fsp3) is 0. The normalized spacial score (nSPS) is 12.9. The van der Waals surface area contributed by atoms with Crippen molar-refractivity contribution in [1.29, 1.82) is 0 Å². The molecule has 0 aromatic heterocycles. The molecule has 0 heterocycles. The number of nitro benzene ring substituents is 1. The number of benzene rings is 3. The molecule has 3 rings (SSSR count). The Kier molecular flexibility index (Phi) is 6.27. The van der Waals surface area contributed by atoms with Crippen molar-refractivity contribution in [1.82, 2.24) is 0 Å². The van der Waals surface area contributed by atoms with Crippen LogP contribution < -0.4 is 0 Å². The number of fused-ring (bicyclic) bond motifs is 1. The van der Waals surface area contributed by atoms with Gasteiger partial charge in [-0.2, -0.15) is 25.3 Å². The minimum absolute atomic E-state index is 0.291. The highest BCUT2D eigenvalue weighted by atomic mass is 32.2. The third kappa shape index (κ3) is 5.03. The second kappa shape index (κ2) is 8.48. The van der Waals surface area contributed by atoms with Crippen LogP contribution in [0.1, 0.15) is 0 Å². The summed E-state index contributed by atoms with van der Waals surface area (Å²) in [7, 11) is -15.2. The number of hydrogen-bond donors (Lipinski definition) is 5. The van der Waals surface area contributed by atoms with Gasteiger partial charge in [0, 0.05) is 11.5 Å². The zero-order chi connectivity index (χ0) is 26.5. The van der Waals surface area contributed by atoms with Crippen molar-refractivity contribution in [2.45, 2.75) is 14.7 Å². The van der Waals surface area contributed by atoms with E-state index < -0.39 is 83.9 Å². The van der Waals surface area contributed by atoms with Gasteiger partial charge in [-0.05, 0) is 23.6 Å². The van der Waals surface area contributed by atoms with Crippen LogP contribution in [0.5, 0.6) is 11.5 Å². The Balaban J connectivity index is 2.42. The highest BCUT2D eigenvalue weighted by Gasteiger charge is 2.27. The van der Waals surface area contributed by atoms with E-state index in [1.54, 1.807) is 0 Å². The molecule has 0 aliphatic rings. The Morgan fingerprint density at radius 2 is 1.37 bits per heavy atom. The van der Waals surface area contributed by atoms with Crippen LogP contribution in [0.4, 0.5) is 17.1 Å². The van der Waals surface area contributed by atoms with Gasteiger partial charge in [0.1, 0.15) is 26.1 Å². The maximum Gasteiger partial charge on any atom is 0.314 e. The van der Waals surface area contributed by atoms with Crippen LogP contribution in [0.25, 0.3) is 10.8 Å². The molecule has 186 valence electrons. The number of azo groups is 1. The van der Waals surface area contributed by atoms with Gasteiger partial charge in [-0.15, -0.1) is 10.2 Å². The first-order chi connectivity index (χ1) is 15.9. The molecule has 0 spiro atoms. The molecule has 0 saturated carbocycles. The smallest absolute Gasteiger partial charge is 0.314 e. The lowest BCUT2D eigenvalue weighted by molar-refractivity contribution is -0.386. The van der Waals surface area contributed by atoms with E-state index in [1.165, 1.54) is 0 Å². The van der Waals surface area contributed by atoms with Gasteiger partial charge in [0.2, 0.25) is 5.75 Å². The van der Waals surface area contributed by atoms with E-state index in [0.29, 0.717) is 18.2 Å². The van der Waals surface area contributed by atoms with Crippen LogP contribution in [-0.4, -0.2) is 54.0 Å². The fourth-order valence-corrected chi connectivity index (χ4v) is 4.82. The second-order valence-corrected chi connectivity index (χ2v) is 10.8. The molecule has 0 bridgehead atoms. The van der Waals surface area contributed by atoms with E-state index >= 15 is 0 Å². The van der Waals surface area contributed by atoms with Gasteiger partial charge in [0.15, 0.2) is 5.75 Å². The third-order valence-electron chi connectivity index (χ3n) is 4.39. The highest BCUT2D eigenvalue weighted by Crippen LogP contribution is 2.45. The predicted molar refractivity (Wildman–Crippen MR) is 114 cm³/mol. The molecule has 0 radical (unpaired) electrons. The van der Waals surface area contributed by atoms with Crippen molar-refractivity contribution in [2.24, 2.45) is 10.2 Å². The Morgan fingerprint density at radius 3 is 1.89 bits per heavy atom. The molecule has 35 heavy (non-hydrogen) atoms. The van der Waals surface area contributed by atoms with Gasteiger partial charge in [-0.25, -0.2) is 0 Å². The topological polar surface area (TPSA) is 271 Å². The van der Waals surface area contributed by atoms with Crippen molar-refractivity contribution < 1.29 is 54.0 Å². The Hall–Kier alpha value is -3.75. The Bertz CT molecular complexity index is 1760. The molecule has 0 aliphatic carbocycles. The van der Waals surface area contributed by atoms with Crippen LogP contribution in [0.3, 0.4) is 0 Å². The van der Waals surface area contributed by atoms with Crippen LogP contribution in [0.2, 0.25) is 0 Å². The zero-order valence-electron chi connectivity index (χ0n) is 16.5. The molecule has 19 heteroatoms. The van der Waals surface area contributed by atoms with Gasteiger partial charge in [-0.1, -0.05) is 12.1 Å². The third-order valence-corrected chi connectivity index (χ3v) is 6.99. The fourth-order valence-electron chi connectivity index (χ4n) is 2.92. The number of nitro groups is 1. The molecule has 0 unspecified atom stereocenters. The summed E-state index contributed by atoms with van der Waals surface area (Å²) in [6.45, 7) is 0. The SMILES string of the molecule is O=[N+]([O-])c1cc(S(=O)(=O)O)cc(N=Nc2c(S(=O)(=O)O)cc3cccc(S(=O)(=O)O)c3c2O)c1O. The molecule has 3 aromatic rings. The van der Waals surface area contributed by atoms with Crippen molar-refractivity contribution in [2.75, 3.05) is 0 Å². The molecule has 3 aromatic carbocycles. The van der Waals surface area contributed by atoms with Gasteiger partial charge in [0.25, 0.3) is 30.4 Å². The maximum absolute atomic E-state index is 11.9. The van der Waals surface area contributed by atoms with E-state index in [4.69, 9.17) is 0 Å². The molecule has 16 nitrogen and oxygen atoms in total. The Labute approximate surface area is 195 Å². The highest BCUT2D eigenvalue weighted by molar-refractivity contribution is 7.86. The second-order valence-electron chi connectivity index (χ2n) is 6.62. The molecular weight excluding hydrogens is 538 g/mol. The lowest BCUT2D eigenvalue weighted by atomic mass is 10.1. The van der Waals surface area contributed by atoms with Crippen LogP contribution in [-0.2, 0) is 30.4 Å². The summed E-state index contributed by atoms with van der Waals surface area (Å²) in [4.78, 5) is 6.73. The van der Waals surface area contributed by atoms with Crippen molar-refractivity contribution in [3.63, 3.8) is 0 Å². The van der Waals surface area contributed by atoms with Crippen LogP contribution >= 0.6 is 0 Å². The monoisotopic (exact) mass is 549 g/mol. The molecule has 5 N–H and O–H groups in total. The number of rotatable bonds is 6. The summed E-state index contributed by atoms with van der Waals surface area (Å²) in [6, 6.07) is 4.40. The van der Waals surface area contributed by atoms with E-state index in [-0.39, 0.29) is 5.39 Å². The summed E-state index contributed by atoms with van der Waals surface area (Å²) < 4.78 is 98.1. The summed E-state index contributed by atoms with van der Waals surface area (Å²) in [5.74, 6) is -2.52. The van der Waals surface area contributed by atoms with Gasteiger partial charge in [0.05, 0.1) is 4.92 Å². The number of phenolic OH excluding ortho intramolecular Hbond substituents is 2. The number of hydrogen-bond acceptors (Lipinski definition) is 12. The van der Waals surface area contributed by atoms with Gasteiger partial charge < -0.3 is 10.2 Å². The molecule has 0 amide bonds. The van der Waals surface area contributed by atoms with Crippen molar-refractivity contribution in [3.8, 4) is 11.5 Å². The zero-order valence-corrected chi connectivity index (χ0v) is 19.0. The average molecular weight is 549 g/mol. The minimum atomic E-state index is -5.20. The first-order valence-electron chi connectivity index (χ1n) is 8.57. The van der Waals surface area contributed by atoms with Gasteiger partial charge >= 0.3 is 5.69 Å². The number of phenols is 2. The van der Waals surface area contributed by atoms with Gasteiger partial charge in [-0.3, -0.25) is 23.8 Å². The summed E-state index contributed by atoms with van der Waals surface area (Å²) in [6.07, 6.45) is 0. The largest absolute Gasteiger partial charge is 0.505 e. The molecular formula is C16H11N3O13S3. The van der Waals surface area contributed by atoms with E-state index in [9.17, 15) is 59.2 Å². The Morgan fingerprint density at radius 1 is 0.771 bits per heavy atom. The molecule has 0 saturated heterocycles. The first-order valence-corrected chi connectivity index (χ1v) is 12.9. The lowest BCUT2D eigenvalue weighted by Crippen LogP contribution is -2.02. The van der Waals surface area contributed by atoms with E-state index in [1.807, 2.05) is 0 Å². The summed E-state index contributed by atoms with van der Waals surface area (Å²) in [5.41, 5.74) is -3.40. The van der Waals surface area contributed by atoms with Crippen LogP contribution in [0, 0.1) is 10.1 Å².